The molecule has 0 amide bonds. The fraction of sp³-hybridized carbons (Fsp3) is 0.278. The summed E-state index contributed by atoms with van der Waals surface area (Å²) in [6.45, 7) is 4.77. The van der Waals surface area contributed by atoms with E-state index in [9.17, 15) is 0 Å². The maximum atomic E-state index is 5.82. The van der Waals surface area contributed by atoms with E-state index in [1.54, 1.807) is 0 Å². The second-order valence-electron chi connectivity index (χ2n) is 5.64. The number of hydrazone groups is 1. The predicted molar refractivity (Wildman–Crippen MR) is 88.7 cm³/mol. The van der Waals surface area contributed by atoms with Gasteiger partial charge in [0.25, 0.3) is 0 Å². The molecule has 1 unspecified atom stereocenters. The van der Waals surface area contributed by atoms with Crippen molar-refractivity contribution < 1.29 is 0 Å². The molecule has 1 aliphatic heterocycles. The summed E-state index contributed by atoms with van der Waals surface area (Å²) >= 11 is 0. The standard InChI is InChI=1S/C18H21N3/c1-13-8-9-14(2)17(10-13)21-18(11-16(12-19)20-21)15-6-4-3-5-7-15/h3-10,18H,11-12,19H2,1-2H3. The van der Waals surface area contributed by atoms with Crippen molar-refractivity contribution in [2.75, 3.05) is 11.6 Å². The Balaban J connectivity index is 2.04. The van der Waals surface area contributed by atoms with Crippen molar-refractivity contribution in [3.05, 3.63) is 65.2 Å². The van der Waals surface area contributed by atoms with Crippen LogP contribution in [-0.2, 0) is 0 Å². The zero-order valence-corrected chi connectivity index (χ0v) is 12.6. The predicted octanol–water partition coefficient (Wildman–Crippen LogP) is 3.57. The first-order valence-corrected chi connectivity index (χ1v) is 7.37. The van der Waals surface area contributed by atoms with Gasteiger partial charge in [-0.2, -0.15) is 5.10 Å². The van der Waals surface area contributed by atoms with Crippen molar-refractivity contribution in [3.63, 3.8) is 0 Å². The molecule has 2 aromatic rings. The number of benzene rings is 2. The van der Waals surface area contributed by atoms with Gasteiger partial charge in [-0.15, -0.1) is 0 Å². The first-order chi connectivity index (χ1) is 10.2. The third-order valence-corrected chi connectivity index (χ3v) is 4.00. The van der Waals surface area contributed by atoms with E-state index in [0.717, 1.165) is 12.1 Å². The lowest BCUT2D eigenvalue weighted by Gasteiger charge is -2.26. The van der Waals surface area contributed by atoms with Gasteiger partial charge in [0.05, 0.1) is 17.4 Å². The number of nitrogens with zero attached hydrogens (tertiary/aromatic N) is 2. The summed E-state index contributed by atoms with van der Waals surface area (Å²) in [5, 5.41) is 6.90. The molecule has 1 aliphatic rings. The van der Waals surface area contributed by atoms with Crippen LogP contribution in [0, 0.1) is 13.8 Å². The lowest BCUT2D eigenvalue weighted by molar-refractivity contribution is 0.706. The fourth-order valence-corrected chi connectivity index (χ4v) is 2.82. The fourth-order valence-electron chi connectivity index (χ4n) is 2.82. The van der Waals surface area contributed by atoms with E-state index >= 15 is 0 Å². The van der Waals surface area contributed by atoms with Crippen molar-refractivity contribution in [1.82, 2.24) is 0 Å². The number of aryl methyl sites for hydroxylation is 2. The number of rotatable bonds is 3. The Hall–Kier alpha value is -2.13. The van der Waals surface area contributed by atoms with Gasteiger partial charge in [0.2, 0.25) is 0 Å². The van der Waals surface area contributed by atoms with Gasteiger partial charge in [-0.1, -0.05) is 42.5 Å². The minimum Gasteiger partial charge on any atom is -0.325 e. The molecule has 2 N–H and O–H groups in total. The maximum absolute atomic E-state index is 5.82. The van der Waals surface area contributed by atoms with Gasteiger partial charge in [-0.25, -0.2) is 0 Å². The van der Waals surface area contributed by atoms with Crippen molar-refractivity contribution >= 4 is 11.4 Å². The zero-order chi connectivity index (χ0) is 14.8. The molecule has 0 fully saturated rings. The average molecular weight is 279 g/mol. The number of anilines is 1. The van der Waals surface area contributed by atoms with Gasteiger partial charge < -0.3 is 5.73 Å². The van der Waals surface area contributed by atoms with Gasteiger partial charge in [-0.05, 0) is 36.6 Å². The van der Waals surface area contributed by atoms with Crippen LogP contribution < -0.4 is 10.7 Å². The van der Waals surface area contributed by atoms with E-state index < -0.39 is 0 Å². The van der Waals surface area contributed by atoms with Gasteiger partial charge in [-0.3, -0.25) is 5.01 Å². The Labute approximate surface area is 126 Å². The van der Waals surface area contributed by atoms with Crippen LogP contribution in [0.25, 0.3) is 0 Å². The molecule has 0 aromatic heterocycles. The minimum atomic E-state index is 0.241. The summed E-state index contributed by atoms with van der Waals surface area (Å²) in [5.74, 6) is 0. The van der Waals surface area contributed by atoms with E-state index in [-0.39, 0.29) is 6.04 Å². The monoisotopic (exact) mass is 279 g/mol. The third kappa shape index (κ3) is 2.69. The Morgan fingerprint density at radius 2 is 1.90 bits per heavy atom. The molecule has 3 rings (SSSR count). The van der Waals surface area contributed by atoms with Gasteiger partial charge in [0.15, 0.2) is 0 Å². The van der Waals surface area contributed by atoms with Crippen LogP contribution in [0.1, 0.15) is 29.2 Å². The third-order valence-electron chi connectivity index (χ3n) is 4.00. The molecule has 0 radical (unpaired) electrons. The smallest absolute Gasteiger partial charge is 0.0828 e. The molecule has 21 heavy (non-hydrogen) atoms. The highest BCUT2D eigenvalue weighted by molar-refractivity contribution is 5.90. The Kier molecular flexibility index (Phi) is 3.76. The zero-order valence-electron chi connectivity index (χ0n) is 12.6. The summed E-state index contributed by atoms with van der Waals surface area (Å²) in [7, 11) is 0. The van der Waals surface area contributed by atoms with Gasteiger partial charge in [0.1, 0.15) is 0 Å². The molecule has 108 valence electrons. The SMILES string of the molecule is Cc1ccc(C)c(N2N=C(CN)CC2c2ccccc2)c1. The van der Waals surface area contributed by atoms with Crippen LogP contribution in [0.3, 0.4) is 0 Å². The van der Waals surface area contributed by atoms with Crippen LogP contribution in [-0.4, -0.2) is 12.3 Å². The van der Waals surface area contributed by atoms with E-state index in [2.05, 4.69) is 61.3 Å². The van der Waals surface area contributed by atoms with Crippen LogP contribution in [0.15, 0.2) is 53.6 Å². The van der Waals surface area contributed by atoms with Crippen LogP contribution >= 0.6 is 0 Å². The molecule has 1 atom stereocenters. The molecule has 1 heterocycles. The summed E-state index contributed by atoms with van der Waals surface area (Å²) in [6.07, 6.45) is 0.897. The molecule has 3 nitrogen and oxygen atoms in total. The molecule has 0 bridgehead atoms. The molecule has 3 heteroatoms. The average Bonchev–Trinajstić information content (AvgIpc) is 2.95. The first-order valence-electron chi connectivity index (χ1n) is 7.37. The Morgan fingerprint density at radius 3 is 2.62 bits per heavy atom. The largest absolute Gasteiger partial charge is 0.325 e. The van der Waals surface area contributed by atoms with Crippen LogP contribution in [0.4, 0.5) is 5.69 Å². The lowest BCUT2D eigenvalue weighted by atomic mass is 10.0. The number of nitrogens with two attached hydrogens (primary N) is 1. The Morgan fingerprint density at radius 1 is 1.14 bits per heavy atom. The van der Waals surface area contributed by atoms with E-state index in [0.29, 0.717) is 6.54 Å². The molecular formula is C18H21N3. The van der Waals surface area contributed by atoms with E-state index in [1.807, 2.05) is 6.07 Å². The van der Waals surface area contributed by atoms with Crippen LogP contribution in [0.2, 0.25) is 0 Å². The first kappa shape index (κ1) is 13.8. The van der Waals surface area contributed by atoms with Crippen LogP contribution in [0.5, 0.6) is 0 Å². The Bertz CT molecular complexity index is 661. The summed E-state index contributed by atoms with van der Waals surface area (Å²) in [4.78, 5) is 0. The molecule has 0 aliphatic carbocycles. The van der Waals surface area contributed by atoms with E-state index in [4.69, 9.17) is 10.8 Å². The summed E-state index contributed by atoms with van der Waals surface area (Å²) < 4.78 is 0. The number of hydrogen-bond acceptors (Lipinski definition) is 3. The summed E-state index contributed by atoms with van der Waals surface area (Å²) in [6, 6.07) is 17.3. The molecular weight excluding hydrogens is 258 g/mol. The van der Waals surface area contributed by atoms with Gasteiger partial charge in [0, 0.05) is 13.0 Å². The molecule has 2 aromatic carbocycles. The topological polar surface area (TPSA) is 41.6 Å². The number of hydrogen-bond donors (Lipinski definition) is 1. The highest BCUT2D eigenvalue weighted by Gasteiger charge is 2.29. The van der Waals surface area contributed by atoms with Gasteiger partial charge >= 0.3 is 0 Å². The summed E-state index contributed by atoms with van der Waals surface area (Å²) in [5.41, 5.74) is 11.8. The maximum Gasteiger partial charge on any atom is 0.0828 e. The van der Waals surface area contributed by atoms with Crippen molar-refractivity contribution in [2.24, 2.45) is 10.8 Å². The quantitative estimate of drug-likeness (QED) is 0.933. The lowest BCUT2D eigenvalue weighted by Crippen LogP contribution is -2.19. The molecule has 0 saturated carbocycles. The second-order valence-corrected chi connectivity index (χ2v) is 5.64. The van der Waals surface area contributed by atoms with E-state index in [1.165, 1.54) is 22.4 Å². The highest BCUT2D eigenvalue weighted by Crippen LogP contribution is 2.36. The minimum absolute atomic E-state index is 0.241. The molecule has 0 spiro atoms. The van der Waals surface area contributed by atoms with Crippen molar-refractivity contribution in [1.29, 1.82) is 0 Å². The van der Waals surface area contributed by atoms with Crippen molar-refractivity contribution in [3.8, 4) is 0 Å². The molecule has 0 saturated heterocycles. The second kappa shape index (κ2) is 5.70. The normalized spacial score (nSPS) is 18.0. The van der Waals surface area contributed by atoms with Crippen molar-refractivity contribution in [2.45, 2.75) is 26.3 Å². The highest BCUT2D eigenvalue weighted by atomic mass is 15.5.